The maximum atomic E-state index is 9.20. The zero-order valence-electron chi connectivity index (χ0n) is 19.5. The van der Waals surface area contributed by atoms with Crippen LogP contribution in [0, 0.1) is 5.31 Å². The second-order valence-electron chi connectivity index (χ2n) is 7.59. The Morgan fingerprint density at radius 1 is 0.857 bits per heavy atom. The van der Waals surface area contributed by atoms with E-state index in [-0.39, 0.29) is 13.2 Å². The summed E-state index contributed by atoms with van der Waals surface area (Å²) in [5.74, 6) is 0.936. The predicted molar refractivity (Wildman–Crippen MR) is 146 cm³/mol. The molecule has 0 aliphatic rings. The third-order valence-electron chi connectivity index (χ3n) is 5.02. The number of nitrogens with zero attached hydrogens (tertiary/aromatic N) is 2. The Morgan fingerprint density at radius 2 is 1.46 bits per heavy atom. The van der Waals surface area contributed by atoms with Crippen molar-refractivity contribution in [1.29, 1.82) is 5.31 Å². The number of benzene rings is 2. The summed E-state index contributed by atoms with van der Waals surface area (Å²) in [5.41, 5.74) is 6.28. The summed E-state index contributed by atoms with van der Waals surface area (Å²) in [7, 11) is 0.916. The van der Waals surface area contributed by atoms with E-state index in [1.54, 1.807) is 12.1 Å². The van der Waals surface area contributed by atoms with Gasteiger partial charge in [0, 0.05) is 11.8 Å². The molecule has 0 spiro atoms. The van der Waals surface area contributed by atoms with E-state index in [1.807, 2.05) is 86.1 Å². The van der Waals surface area contributed by atoms with Crippen molar-refractivity contribution in [1.82, 2.24) is 9.97 Å². The Hall–Kier alpha value is -4.06. The summed E-state index contributed by atoms with van der Waals surface area (Å²) >= 11 is 0. The minimum atomic E-state index is 0. The average Bonchev–Trinajstić information content (AvgIpc) is 2.87. The van der Waals surface area contributed by atoms with Crippen molar-refractivity contribution in [2.45, 2.75) is 34.1 Å². The molecule has 35 heavy (non-hydrogen) atoms. The van der Waals surface area contributed by atoms with Crippen molar-refractivity contribution in [2.75, 3.05) is 0 Å². The molecule has 0 amide bonds. The topological polar surface area (TPSA) is 79.1 Å². The van der Waals surface area contributed by atoms with Crippen molar-refractivity contribution in [3.8, 4) is 34.0 Å². The van der Waals surface area contributed by atoms with E-state index in [0.29, 0.717) is 5.75 Å². The Labute approximate surface area is 209 Å². The Morgan fingerprint density at radius 3 is 1.94 bits per heavy atom. The van der Waals surface area contributed by atoms with Crippen LogP contribution >= 0.6 is 0 Å². The first kappa shape index (κ1) is 27.2. The molecule has 0 saturated heterocycles. The number of rotatable bonds is 7. The Bertz CT molecular complexity index is 1190. The van der Waals surface area contributed by atoms with Crippen LogP contribution in [0.4, 0.5) is 0 Å². The van der Waals surface area contributed by atoms with Gasteiger partial charge in [0.25, 0.3) is 0 Å². The second kappa shape index (κ2) is 14.3. The van der Waals surface area contributed by atoms with Gasteiger partial charge in [0.2, 0.25) is 0 Å². The molecule has 4 rings (SSSR count). The third kappa shape index (κ3) is 8.34. The summed E-state index contributed by atoms with van der Waals surface area (Å²) in [6, 6.07) is 22.8. The van der Waals surface area contributed by atoms with Gasteiger partial charge in [-0.3, -0.25) is 4.98 Å². The molecule has 0 aliphatic heterocycles. The standard InChI is InChI=1S/C14H13BN2O.C14H15NO.CH4/c1-2-3-11-4-9-14(17-10-11)12-5-7-13(8-6-12)18-15-16;1-2-3-11-4-9-14(15-10-11)12-5-7-13(16)8-6-12;/h2-10,16H,1H3;4-10,16H,2-3H2,1H3;1H4. The van der Waals surface area contributed by atoms with Crippen LogP contribution in [0.1, 0.15) is 38.8 Å². The van der Waals surface area contributed by atoms with Gasteiger partial charge in [-0.15, -0.1) is 0 Å². The maximum Gasteiger partial charge on any atom is 0.115 e. The quantitative estimate of drug-likeness (QED) is 0.276. The molecule has 4 aromatic rings. The molecule has 2 heterocycles. The molecule has 0 aliphatic carbocycles. The molecule has 2 aromatic carbocycles. The van der Waals surface area contributed by atoms with E-state index in [2.05, 4.69) is 23.0 Å². The summed E-state index contributed by atoms with van der Waals surface area (Å²) in [5, 5.41) is 16.1. The summed E-state index contributed by atoms with van der Waals surface area (Å²) in [6.45, 7) is 4.14. The average molecular weight is 465 g/mol. The molecular formula is C29H32BN3O2. The van der Waals surface area contributed by atoms with Crippen molar-refractivity contribution in [3.05, 3.63) is 102 Å². The van der Waals surface area contributed by atoms with Crippen LogP contribution in [0.15, 0.2) is 91.3 Å². The maximum absolute atomic E-state index is 9.20. The molecule has 0 saturated carbocycles. The van der Waals surface area contributed by atoms with E-state index in [9.17, 15) is 5.11 Å². The zero-order chi connectivity index (χ0) is 24.2. The van der Waals surface area contributed by atoms with Crippen molar-refractivity contribution < 1.29 is 9.76 Å². The smallest absolute Gasteiger partial charge is 0.115 e. The van der Waals surface area contributed by atoms with E-state index in [4.69, 9.17) is 9.97 Å². The van der Waals surface area contributed by atoms with E-state index in [0.717, 1.165) is 48.2 Å². The Balaban J connectivity index is 0.000000241. The van der Waals surface area contributed by atoms with Crippen LogP contribution in [-0.4, -0.2) is 22.3 Å². The van der Waals surface area contributed by atoms with Gasteiger partial charge in [0.15, 0.2) is 0 Å². The van der Waals surface area contributed by atoms with Gasteiger partial charge < -0.3 is 5.11 Å². The molecule has 6 heteroatoms. The number of aromatic nitrogens is 2. The van der Waals surface area contributed by atoms with Crippen LogP contribution in [0.3, 0.4) is 0 Å². The van der Waals surface area contributed by atoms with Gasteiger partial charge in [-0.05, 0) is 42.3 Å². The predicted octanol–water partition coefficient (Wildman–Crippen LogP) is 7.58. The van der Waals surface area contributed by atoms with Crippen molar-refractivity contribution >= 4 is 13.4 Å². The van der Waals surface area contributed by atoms with E-state index < -0.39 is 0 Å². The number of aryl methyl sites for hydroxylation is 1. The number of pyridine rings is 2. The number of phenolic OH excluding ortho intramolecular Hbond substituents is 1. The van der Waals surface area contributed by atoms with Gasteiger partial charge >= 0.3 is 106 Å². The largest absolute Gasteiger partial charge is 0.508 e. The number of phenols is 1. The molecule has 0 bridgehead atoms. The molecule has 2 N–H and O–H groups in total. The molecule has 5 nitrogen and oxygen atoms in total. The molecular weight excluding hydrogens is 433 g/mol. The van der Waals surface area contributed by atoms with Gasteiger partial charge in [-0.2, -0.15) is 0 Å². The fourth-order valence-corrected chi connectivity index (χ4v) is 3.30. The van der Waals surface area contributed by atoms with Crippen LogP contribution < -0.4 is 4.65 Å². The second-order valence-corrected chi connectivity index (χ2v) is 7.59. The van der Waals surface area contributed by atoms with Crippen LogP contribution in [0.5, 0.6) is 11.5 Å². The SMILES string of the molecule is C.CC=Cc1ccc(-c2ccc(OB=N)cc2)nc1.CCCc1ccc(-c2ccc(O)cc2)nc1. The number of hydrogen-bond acceptors (Lipinski definition) is 5. The third-order valence-corrected chi connectivity index (χ3v) is 5.02. The summed E-state index contributed by atoms with van der Waals surface area (Å²) < 4.78 is 4.96. The number of allylic oxidation sites excluding steroid dienone is 1. The first-order valence-corrected chi connectivity index (χ1v) is 11.2. The molecule has 2 aromatic heterocycles. The fourth-order valence-electron chi connectivity index (χ4n) is 3.30. The van der Waals surface area contributed by atoms with Gasteiger partial charge in [-0.25, -0.2) is 0 Å². The summed E-state index contributed by atoms with van der Waals surface area (Å²) in [4.78, 5) is 8.82. The zero-order valence-corrected chi connectivity index (χ0v) is 19.5. The molecule has 0 atom stereocenters. The number of hydrogen-bond donors (Lipinski definition) is 2. The fraction of sp³-hybridized carbons (Fsp3) is 0.172. The first-order valence-electron chi connectivity index (χ1n) is 11.2. The first-order chi connectivity index (χ1) is 16.6. The molecule has 178 valence electrons. The van der Waals surface area contributed by atoms with Crippen molar-refractivity contribution in [2.24, 2.45) is 0 Å². The van der Waals surface area contributed by atoms with E-state index in [1.165, 1.54) is 5.56 Å². The molecule has 0 unspecified atom stereocenters. The van der Waals surface area contributed by atoms with Crippen LogP contribution in [0.25, 0.3) is 28.6 Å². The minimum Gasteiger partial charge on any atom is -0.508 e. The van der Waals surface area contributed by atoms with Gasteiger partial charge in [0.05, 0.1) is 5.69 Å². The van der Waals surface area contributed by atoms with Gasteiger partial charge in [0.1, 0.15) is 5.75 Å². The van der Waals surface area contributed by atoms with E-state index >= 15 is 0 Å². The number of aromatic hydroxyl groups is 1. The normalized spacial score (nSPS) is 10.0. The van der Waals surface area contributed by atoms with Gasteiger partial charge in [-0.1, -0.05) is 26.8 Å². The van der Waals surface area contributed by atoms with Crippen molar-refractivity contribution in [3.63, 3.8) is 0 Å². The summed E-state index contributed by atoms with van der Waals surface area (Å²) in [6.07, 6.45) is 9.98. The molecule has 0 radical (unpaired) electrons. The van der Waals surface area contributed by atoms with Crippen LogP contribution in [0.2, 0.25) is 0 Å². The number of nitrogens with one attached hydrogen (secondary N) is 1. The van der Waals surface area contributed by atoms with Crippen LogP contribution in [-0.2, 0) is 6.42 Å². The Kier molecular flexibility index (Phi) is 11.1. The molecule has 0 fully saturated rings. The monoisotopic (exact) mass is 465 g/mol. The minimum absolute atomic E-state index is 0.